The van der Waals surface area contributed by atoms with Crippen molar-refractivity contribution >= 4 is 0 Å². The van der Waals surface area contributed by atoms with Gasteiger partial charge in [-0.2, -0.15) is 0 Å². The van der Waals surface area contributed by atoms with Crippen molar-refractivity contribution in [2.75, 3.05) is 33.9 Å². The molecule has 0 fully saturated rings. The van der Waals surface area contributed by atoms with Gasteiger partial charge in [-0.1, -0.05) is 19.1 Å². The van der Waals surface area contributed by atoms with Crippen molar-refractivity contribution in [1.29, 1.82) is 0 Å². The molecule has 162 valence electrons. The molecule has 0 saturated heterocycles. The van der Waals surface area contributed by atoms with E-state index in [2.05, 4.69) is 22.9 Å². The zero-order valence-corrected chi connectivity index (χ0v) is 18.2. The largest absolute Gasteiger partial charge is 0.497 e. The van der Waals surface area contributed by atoms with Gasteiger partial charge >= 0.3 is 0 Å². The molecule has 6 heteroatoms. The number of hydrogen-bond donors (Lipinski definition) is 0. The van der Waals surface area contributed by atoms with Gasteiger partial charge in [0.25, 0.3) is 0 Å². The molecule has 4 rings (SSSR count). The quantitative estimate of drug-likeness (QED) is 0.537. The number of ether oxygens (including phenoxy) is 4. The molecule has 0 saturated carbocycles. The molecule has 1 aliphatic rings. The molecule has 2 aromatic carbocycles. The Morgan fingerprint density at radius 2 is 1.87 bits per heavy atom. The Balaban J connectivity index is 1.47. The van der Waals surface area contributed by atoms with Gasteiger partial charge in [0.15, 0.2) is 11.5 Å². The Morgan fingerprint density at radius 3 is 2.65 bits per heavy atom. The van der Waals surface area contributed by atoms with E-state index in [-0.39, 0.29) is 6.10 Å². The van der Waals surface area contributed by atoms with Crippen LogP contribution in [0.2, 0.25) is 0 Å². The first-order chi connectivity index (χ1) is 15.2. The van der Waals surface area contributed by atoms with E-state index >= 15 is 0 Å². The SMILES string of the molecule is CCN(Cc1cncc(-c2ccc(OC)cc2OC)c1)CC1COc2ccccc2O1. The van der Waals surface area contributed by atoms with Crippen LogP contribution in [0.3, 0.4) is 0 Å². The normalized spacial score (nSPS) is 15.0. The van der Waals surface area contributed by atoms with Crippen LogP contribution in [0.5, 0.6) is 23.0 Å². The minimum absolute atomic E-state index is 0.00678. The molecule has 2 heterocycles. The number of rotatable bonds is 8. The number of hydrogen-bond acceptors (Lipinski definition) is 6. The minimum Gasteiger partial charge on any atom is -0.497 e. The summed E-state index contributed by atoms with van der Waals surface area (Å²) in [5, 5.41) is 0. The number of para-hydroxylation sites is 2. The number of pyridine rings is 1. The van der Waals surface area contributed by atoms with Crippen molar-refractivity contribution in [3.05, 3.63) is 66.5 Å². The zero-order valence-electron chi connectivity index (χ0n) is 18.2. The van der Waals surface area contributed by atoms with Crippen molar-refractivity contribution in [3.8, 4) is 34.1 Å². The Kier molecular flexibility index (Phi) is 6.57. The van der Waals surface area contributed by atoms with Gasteiger partial charge in [-0.25, -0.2) is 0 Å². The monoisotopic (exact) mass is 420 g/mol. The topological polar surface area (TPSA) is 53.1 Å². The van der Waals surface area contributed by atoms with Crippen LogP contribution in [0.1, 0.15) is 12.5 Å². The van der Waals surface area contributed by atoms with Gasteiger partial charge in [0.1, 0.15) is 24.2 Å². The maximum Gasteiger partial charge on any atom is 0.161 e. The second kappa shape index (κ2) is 9.71. The summed E-state index contributed by atoms with van der Waals surface area (Å²) in [6.07, 6.45) is 3.77. The molecule has 0 radical (unpaired) electrons. The molecular weight excluding hydrogens is 392 g/mol. The third kappa shape index (κ3) is 4.91. The van der Waals surface area contributed by atoms with Crippen LogP contribution in [-0.2, 0) is 6.54 Å². The average Bonchev–Trinajstić information content (AvgIpc) is 2.83. The molecule has 1 unspecified atom stereocenters. The Labute approximate surface area is 183 Å². The first-order valence-electron chi connectivity index (χ1n) is 10.5. The molecule has 31 heavy (non-hydrogen) atoms. The van der Waals surface area contributed by atoms with E-state index in [9.17, 15) is 0 Å². The number of aromatic nitrogens is 1. The van der Waals surface area contributed by atoms with Crippen molar-refractivity contribution < 1.29 is 18.9 Å². The van der Waals surface area contributed by atoms with Crippen LogP contribution < -0.4 is 18.9 Å². The van der Waals surface area contributed by atoms with Gasteiger partial charge in [0, 0.05) is 42.7 Å². The molecule has 0 aliphatic carbocycles. The maximum absolute atomic E-state index is 6.14. The molecule has 1 aromatic heterocycles. The summed E-state index contributed by atoms with van der Waals surface area (Å²) in [6, 6.07) is 15.8. The van der Waals surface area contributed by atoms with Gasteiger partial charge in [-0.3, -0.25) is 9.88 Å². The summed E-state index contributed by atoms with van der Waals surface area (Å²) in [5.74, 6) is 3.15. The lowest BCUT2D eigenvalue weighted by atomic mass is 10.0. The number of fused-ring (bicyclic) bond motifs is 1. The van der Waals surface area contributed by atoms with E-state index in [0.717, 1.165) is 59.3 Å². The fourth-order valence-electron chi connectivity index (χ4n) is 3.76. The van der Waals surface area contributed by atoms with Gasteiger partial charge < -0.3 is 18.9 Å². The molecule has 0 N–H and O–H groups in total. The summed E-state index contributed by atoms with van der Waals surface area (Å²) in [4.78, 5) is 6.81. The van der Waals surface area contributed by atoms with Crippen molar-refractivity contribution in [1.82, 2.24) is 9.88 Å². The van der Waals surface area contributed by atoms with Gasteiger partial charge in [-0.15, -0.1) is 0 Å². The van der Waals surface area contributed by atoms with E-state index in [0.29, 0.717) is 6.61 Å². The standard InChI is InChI=1S/C25H28N2O4/c1-4-27(16-21-17-30-23-7-5-6-8-24(23)31-21)15-18-11-19(14-26-13-18)22-10-9-20(28-2)12-25(22)29-3/h5-14,21H,4,15-17H2,1-3H3. The van der Waals surface area contributed by atoms with E-state index in [1.165, 1.54) is 0 Å². The first-order valence-corrected chi connectivity index (χ1v) is 10.5. The summed E-state index contributed by atoms with van der Waals surface area (Å²) in [5.41, 5.74) is 3.13. The second-order valence-corrected chi connectivity index (χ2v) is 7.47. The smallest absolute Gasteiger partial charge is 0.161 e. The van der Waals surface area contributed by atoms with Crippen LogP contribution in [0.4, 0.5) is 0 Å². The highest BCUT2D eigenvalue weighted by Crippen LogP contribution is 2.34. The van der Waals surface area contributed by atoms with Crippen molar-refractivity contribution in [2.45, 2.75) is 19.6 Å². The van der Waals surface area contributed by atoms with Crippen LogP contribution in [-0.4, -0.2) is 49.9 Å². The fraction of sp³-hybridized carbons (Fsp3) is 0.320. The number of likely N-dealkylation sites (N-methyl/N-ethyl adjacent to an activating group) is 1. The third-order valence-corrected chi connectivity index (χ3v) is 5.40. The van der Waals surface area contributed by atoms with Gasteiger partial charge in [-0.05, 0) is 42.4 Å². The second-order valence-electron chi connectivity index (χ2n) is 7.47. The molecular formula is C25H28N2O4. The van der Waals surface area contributed by atoms with Crippen LogP contribution in [0.15, 0.2) is 60.9 Å². The Hall–Kier alpha value is -3.25. The van der Waals surface area contributed by atoms with E-state index in [1.54, 1.807) is 14.2 Å². The lowest BCUT2D eigenvalue weighted by Crippen LogP contribution is -2.40. The van der Waals surface area contributed by atoms with Crippen molar-refractivity contribution in [2.24, 2.45) is 0 Å². The molecule has 0 spiro atoms. The lowest BCUT2D eigenvalue weighted by molar-refractivity contribution is 0.0580. The average molecular weight is 421 g/mol. The summed E-state index contributed by atoms with van der Waals surface area (Å²) in [7, 11) is 3.31. The zero-order chi connectivity index (χ0) is 21.6. The predicted molar refractivity (Wildman–Crippen MR) is 120 cm³/mol. The number of benzene rings is 2. The number of nitrogens with zero attached hydrogens (tertiary/aromatic N) is 2. The predicted octanol–water partition coefficient (Wildman–Crippen LogP) is 4.43. The first kappa shape index (κ1) is 21.0. The molecule has 0 amide bonds. The fourth-order valence-corrected chi connectivity index (χ4v) is 3.76. The lowest BCUT2D eigenvalue weighted by Gasteiger charge is -2.30. The molecule has 6 nitrogen and oxygen atoms in total. The molecule has 1 aliphatic heterocycles. The van der Waals surface area contributed by atoms with Gasteiger partial charge in [0.05, 0.1) is 14.2 Å². The molecule has 3 aromatic rings. The Morgan fingerprint density at radius 1 is 1.03 bits per heavy atom. The summed E-state index contributed by atoms with van der Waals surface area (Å²) >= 11 is 0. The highest BCUT2D eigenvalue weighted by atomic mass is 16.6. The number of methoxy groups -OCH3 is 2. The highest BCUT2D eigenvalue weighted by Gasteiger charge is 2.23. The van der Waals surface area contributed by atoms with Gasteiger partial charge in [0.2, 0.25) is 0 Å². The molecule has 0 bridgehead atoms. The van der Waals surface area contributed by atoms with E-state index in [1.807, 2.05) is 54.9 Å². The maximum atomic E-state index is 6.14. The van der Waals surface area contributed by atoms with E-state index in [4.69, 9.17) is 18.9 Å². The van der Waals surface area contributed by atoms with Crippen LogP contribution in [0.25, 0.3) is 11.1 Å². The summed E-state index contributed by atoms with van der Waals surface area (Å²) < 4.78 is 22.9. The summed E-state index contributed by atoms with van der Waals surface area (Å²) in [6.45, 7) is 5.16. The van der Waals surface area contributed by atoms with Crippen LogP contribution >= 0.6 is 0 Å². The van der Waals surface area contributed by atoms with Crippen molar-refractivity contribution in [3.63, 3.8) is 0 Å². The third-order valence-electron chi connectivity index (χ3n) is 5.40. The van der Waals surface area contributed by atoms with E-state index < -0.39 is 0 Å². The minimum atomic E-state index is -0.00678. The Bertz CT molecular complexity index is 1020. The molecule has 1 atom stereocenters. The van der Waals surface area contributed by atoms with Crippen LogP contribution in [0, 0.1) is 0 Å². The highest BCUT2D eigenvalue weighted by molar-refractivity contribution is 5.71.